The summed E-state index contributed by atoms with van der Waals surface area (Å²) in [5.74, 6) is 2.21. The van der Waals surface area contributed by atoms with Crippen LogP contribution in [0.1, 0.15) is 29.6 Å². The number of thiophene rings is 1. The van der Waals surface area contributed by atoms with Crippen molar-refractivity contribution in [3.8, 4) is 0 Å². The third-order valence-corrected chi connectivity index (χ3v) is 5.42. The average molecular weight is 242 g/mol. The van der Waals surface area contributed by atoms with E-state index in [1.54, 1.807) is 11.3 Å². The molecule has 17 heavy (non-hydrogen) atoms. The first kappa shape index (κ1) is 9.84. The Morgan fingerprint density at radius 1 is 1.18 bits per heavy atom. The quantitative estimate of drug-likeness (QED) is 0.724. The molecule has 0 N–H and O–H groups in total. The van der Waals surface area contributed by atoms with Crippen molar-refractivity contribution in [1.82, 2.24) is 0 Å². The number of fused-ring (bicyclic) bond motifs is 2. The van der Waals surface area contributed by atoms with E-state index in [0.29, 0.717) is 11.7 Å². The summed E-state index contributed by atoms with van der Waals surface area (Å²) in [5, 5.41) is 3.29. The molecule has 2 aliphatic carbocycles. The van der Waals surface area contributed by atoms with Gasteiger partial charge in [-0.25, -0.2) is 0 Å². The van der Waals surface area contributed by atoms with Gasteiger partial charge >= 0.3 is 0 Å². The fraction of sp³-hybridized carbons (Fsp3) is 0.400. The number of benzene rings is 1. The van der Waals surface area contributed by atoms with Crippen LogP contribution < -0.4 is 0 Å². The predicted octanol–water partition coefficient (Wildman–Crippen LogP) is 4.13. The van der Waals surface area contributed by atoms with Crippen molar-refractivity contribution in [2.24, 2.45) is 17.8 Å². The maximum atomic E-state index is 12.5. The summed E-state index contributed by atoms with van der Waals surface area (Å²) < 4.78 is 1.18. The second-order valence-corrected chi connectivity index (χ2v) is 6.21. The van der Waals surface area contributed by atoms with Gasteiger partial charge < -0.3 is 0 Å². The van der Waals surface area contributed by atoms with Crippen LogP contribution in [0.15, 0.2) is 29.6 Å². The second kappa shape index (κ2) is 3.42. The summed E-state index contributed by atoms with van der Waals surface area (Å²) >= 11 is 1.69. The molecule has 2 saturated carbocycles. The highest BCUT2D eigenvalue weighted by molar-refractivity contribution is 7.17. The third kappa shape index (κ3) is 1.34. The molecule has 2 atom stereocenters. The van der Waals surface area contributed by atoms with Gasteiger partial charge in [-0.3, -0.25) is 4.79 Å². The molecule has 2 fully saturated rings. The van der Waals surface area contributed by atoms with E-state index in [-0.39, 0.29) is 0 Å². The van der Waals surface area contributed by atoms with Crippen molar-refractivity contribution in [2.45, 2.75) is 19.3 Å². The number of carbonyl (C=O) groups excluding carboxylic acids is 1. The van der Waals surface area contributed by atoms with Crippen LogP contribution >= 0.6 is 11.3 Å². The van der Waals surface area contributed by atoms with Crippen molar-refractivity contribution in [3.05, 3.63) is 35.2 Å². The van der Waals surface area contributed by atoms with Crippen LogP contribution in [0.5, 0.6) is 0 Å². The smallest absolute Gasteiger partial charge is 0.167 e. The zero-order valence-electron chi connectivity index (χ0n) is 9.56. The maximum Gasteiger partial charge on any atom is 0.167 e. The number of ketones is 1. The van der Waals surface area contributed by atoms with Crippen LogP contribution in [-0.4, -0.2) is 5.78 Å². The fourth-order valence-corrected chi connectivity index (χ4v) is 4.50. The molecule has 2 aliphatic rings. The van der Waals surface area contributed by atoms with Gasteiger partial charge in [0.1, 0.15) is 0 Å². The van der Waals surface area contributed by atoms with Crippen LogP contribution in [0.4, 0.5) is 0 Å². The topological polar surface area (TPSA) is 17.1 Å². The number of Topliss-reactive ketones (excluding diaryl/α,β-unsaturated/α-hetero) is 1. The molecule has 2 heteroatoms. The monoisotopic (exact) mass is 242 g/mol. The summed E-state index contributed by atoms with van der Waals surface area (Å²) in [6.07, 6.45) is 3.89. The highest BCUT2D eigenvalue weighted by Gasteiger charge is 2.56. The van der Waals surface area contributed by atoms with Gasteiger partial charge in [-0.1, -0.05) is 18.6 Å². The zero-order chi connectivity index (χ0) is 11.4. The lowest BCUT2D eigenvalue weighted by Crippen LogP contribution is -2.06. The number of hydrogen-bond acceptors (Lipinski definition) is 2. The standard InChI is InChI=1S/C15H14OS/c16-14(13-10-4-2-5-11(10)13)12-6-1-3-9-7-8-17-15(9)12/h1,3,6-8,10-11,13H,2,4-5H2. The van der Waals surface area contributed by atoms with Crippen LogP contribution in [0.25, 0.3) is 10.1 Å². The molecule has 0 aliphatic heterocycles. The minimum Gasteiger partial charge on any atom is -0.294 e. The Labute approximate surface area is 104 Å². The molecular weight excluding hydrogens is 228 g/mol. The van der Waals surface area contributed by atoms with E-state index in [2.05, 4.69) is 17.5 Å². The summed E-state index contributed by atoms with van der Waals surface area (Å²) in [5.41, 5.74) is 0.969. The largest absolute Gasteiger partial charge is 0.294 e. The summed E-state index contributed by atoms with van der Waals surface area (Å²) in [6.45, 7) is 0. The minimum absolute atomic E-state index is 0.358. The molecule has 1 nitrogen and oxygen atoms in total. The van der Waals surface area contributed by atoms with Crippen molar-refractivity contribution in [3.63, 3.8) is 0 Å². The van der Waals surface area contributed by atoms with Gasteiger partial charge in [0.05, 0.1) is 0 Å². The molecule has 0 amide bonds. The zero-order valence-corrected chi connectivity index (χ0v) is 10.4. The van der Waals surface area contributed by atoms with E-state index < -0.39 is 0 Å². The normalized spacial score (nSPS) is 30.5. The van der Waals surface area contributed by atoms with Crippen LogP contribution in [0.2, 0.25) is 0 Å². The Hall–Kier alpha value is -1.15. The molecule has 1 aromatic heterocycles. The van der Waals surface area contributed by atoms with Crippen molar-refractivity contribution >= 4 is 27.2 Å². The summed E-state index contributed by atoms with van der Waals surface area (Å²) in [4.78, 5) is 12.5. The molecule has 4 rings (SSSR count). The molecule has 1 aromatic carbocycles. The third-order valence-electron chi connectivity index (χ3n) is 4.45. The van der Waals surface area contributed by atoms with Gasteiger partial charge in [0.2, 0.25) is 0 Å². The lowest BCUT2D eigenvalue weighted by Gasteiger charge is -2.04. The Morgan fingerprint density at radius 3 is 2.82 bits per heavy atom. The summed E-state index contributed by atoms with van der Waals surface area (Å²) in [7, 11) is 0. The van der Waals surface area contributed by atoms with Crippen molar-refractivity contribution in [2.75, 3.05) is 0 Å². The lowest BCUT2D eigenvalue weighted by atomic mass is 10.0. The highest BCUT2D eigenvalue weighted by atomic mass is 32.1. The second-order valence-electron chi connectivity index (χ2n) is 5.29. The molecular formula is C15H14OS. The van der Waals surface area contributed by atoms with Crippen LogP contribution in [0, 0.1) is 17.8 Å². The first-order valence-electron chi connectivity index (χ1n) is 6.37. The highest BCUT2D eigenvalue weighted by Crippen LogP contribution is 2.58. The van der Waals surface area contributed by atoms with E-state index in [1.807, 2.05) is 12.1 Å². The van der Waals surface area contributed by atoms with E-state index in [4.69, 9.17) is 0 Å². The SMILES string of the molecule is O=C(c1cccc2ccsc12)C1C2CCCC21. The maximum absolute atomic E-state index is 12.5. The Morgan fingerprint density at radius 2 is 2.00 bits per heavy atom. The van der Waals surface area contributed by atoms with Gasteiger partial charge in [0.15, 0.2) is 5.78 Å². The van der Waals surface area contributed by atoms with Gasteiger partial charge in [0, 0.05) is 16.2 Å². The fourth-order valence-electron chi connectivity index (χ4n) is 3.58. The molecule has 0 spiro atoms. The number of hydrogen-bond donors (Lipinski definition) is 0. The molecule has 0 radical (unpaired) electrons. The van der Waals surface area contributed by atoms with Crippen molar-refractivity contribution in [1.29, 1.82) is 0 Å². The molecule has 86 valence electrons. The average Bonchev–Trinajstić information content (AvgIpc) is 2.77. The molecule has 1 heterocycles. The first-order chi connectivity index (χ1) is 8.36. The van der Waals surface area contributed by atoms with Gasteiger partial charge in [0.25, 0.3) is 0 Å². The first-order valence-corrected chi connectivity index (χ1v) is 7.24. The van der Waals surface area contributed by atoms with E-state index in [0.717, 1.165) is 17.4 Å². The minimum atomic E-state index is 0.358. The molecule has 2 aromatic rings. The Bertz CT molecular complexity index is 588. The molecule has 0 saturated heterocycles. The summed E-state index contributed by atoms with van der Waals surface area (Å²) in [6, 6.07) is 8.22. The lowest BCUT2D eigenvalue weighted by molar-refractivity contribution is 0.0953. The molecule has 0 bridgehead atoms. The predicted molar refractivity (Wildman–Crippen MR) is 70.5 cm³/mol. The number of rotatable bonds is 2. The van der Waals surface area contributed by atoms with E-state index >= 15 is 0 Å². The van der Waals surface area contributed by atoms with Gasteiger partial charge in [-0.05, 0) is 47.6 Å². The van der Waals surface area contributed by atoms with Gasteiger partial charge in [-0.15, -0.1) is 11.3 Å². The number of carbonyl (C=O) groups is 1. The van der Waals surface area contributed by atoms with E-state index in [1.165, 1.54) is 29.3 Å². The van der Waals surface area contributed by atoms with E-state index in [9.17, 15) is 4.79 Å². The Balaban J connectivity index is 1.74. The van der Waals surface area contributed by atoms with Gasteiger partial charge in [-0.2, -0.15) is 0 Å². The van der Waals surface area contributed by atoms with Crippen LogP contribution in [-0.2, 0) is 0 Å². The van der Waals surface area contributed by atoms with Crippen LogP contribution in [0.3, 0.4) is 0 Å². The molecule has 2 unspecified atom stereocenters. The Kier molecular flexibility index (Phi) is 1.98. The van der Waals surface area contributed by atoms with Crippen molar-refractivity contribution < 1.29 is 4.79 Å².